The van der Waals surface area contributed by atoms with Gasteiger partial charge >= 0.3 is 6.03 Å². The number of carbonyl (C=O) groups excluding carboxylic acids is 2. The summed E-state index contributed by atoms with van der Waals surface area (Å²) in [5, 5.41) is 11.1. The van der Waals surface area contributed by atoms with Crippen molar-refractivity contribution in [2.45, 2.75) is 11.6 Å². The standard InChI is InChI=1S/C18H17N5O2S/c19-17(25)20-16(24)12-26-18-22-21-15(11-13-7-3-1-4-8-13)23(18)14-9-5-2-6-10-14/h1-10H,11-12H2,(H3,19,20,24,25). The van der Waals surface area contributed by atoms with Crippen LogP contribution in [0.15, 0.2) is 65.8 Å². The molecule has 0 aliphatic rings. The van der Waals surface area contributed by atoms with Crippen molar-refractivity contribution >= 4 is 23.7 Å². The monoisotopic (exact) mass is 367 g/mol. The van der Waals surface area contributed by atoms with Crippen LogP contribution in [0.4, 0.5) is 4.79 Å². The Hall–Kier alpha value is -3.13. The molecular formula is C18H17N5O2S. The average molecular weight is 367 g/mol. The van der Waals surface area contributed by atoms with Crippen molar-refractivity contribution < 1.29 is 9.59 Å². The van der Waals surface area contributed by atoms with Crippen molar-refractivity contribution in [1.29, 1.82) is 0 Å². The van der Waals surface area contributed by atoms with Gasteiger partial charge in [0.1, 0.15) is 5.82 Å². The van der Waals surface area contributed by atoms with Crippen LogP contribution in [0.25, 0.3) is 5.69 Å². The molecule has 0 radical (unpaired) electrons. The minimum absolute atomic E-state index is 0.0131. The van der Waals surface area contributed by atoms with E-state index in [1.807, 2.05) is 70.5 Å². The third-order valence-electron chi connectivity index (χ3n) is 3.51. The van der Waals surface area contributed by atoms with Gasteiger partial charge in [-0.05, 0) is 17.7 Å². The van der Waals surface area contributed by atoms with Crippen LogP contribution in [0.3, 0.4) is 0 Å². The highest BCUT2D eigenvalue weighted by Gasteiger charge is 2.16. The van der Waals surface area contributed by atoms with E-state index in [0.717, 1.165) is 17.1 Å². The summed E-state index contributed by atoms with van der Waals surface area (Å²) in [4.78, 5) is 22.4. The van der Waals surface area contributed by atoms with E-state index in [0.29, 0.717) is 11.6 Å². The number of amides is 3. The molecular weight excluding hydrogens is 350 g/mol. The zero-order valence-electron chi connectivity index (χ0n) is 13.8. The highest BCUT2D eigenvalue weighted by Crippen LogP contribution is 2.23. The Bertz CT molecular complexity index is 896. The number of aromatic nitrogens is 3. The molecule has 2 aromatic carbocycles. The minimum Gasteiger partial charge on any atom is -0.351 e. The molecule has 7 nitrogen and oxygen atoms in total. The molecule has 0 unspecified atom stereocenters. The zero-order valence-corrected chi connectivity index (χ0v) is 14.6. The van der Waals surface area contributed by atoms with Gasteiger partial charge in [0.2, 0.25) is 5.91 Å². The van der Waals surface area contributed by atoms with Crippen LogP contribution in [0.1, 0.15) is 11.4 Å². The second-order valence-corrected chi connectivity index (χ2v) is 6.38. The van der Waals surface area contributed by atoms with Crippen LogP contribution in [-0.2, 0) is 11.2 Å². The highest BCUT2D eigenvalue weighted by atomic mass is 32.2. The number of imide groups is 1. The van der Waals surface area contributed by atoms with Gasteiger partial charge in [0, 0.05) is 12.1 Å². The summed E-state index contributed by atoms with van der Waals surface area (Å²) in [7, 11) is 0. The summed E-state index contributed by atoms with van der Waals surface area (Å²) in [6.45, 7) is 0. The van der Waals surface area contributed by atoms with Crippen LogP contribution in [-0.4, -0.2) is 32.5 Å². The van der Waals surface area contributed by atoms with Gasteiger partial charge < -0.3 is 5.73 Å². The van der Waals surface area contributed by atoms with E-state index in [4.69, 9.17) is 5.73 Å². The molecule has 1 aromatic heterocycles. The van der Waals surface area contributed by atoms with Crippen molar-refractivity contribution in [3.05, 3.63) is 72.1 Å². The molecule has 8 heteroatoms. The maximum Gasteiger partial charge on any atom is 0.318 e. The van der Waals surface area contributed by atoms with Crippen LogP contribution in [0.2, 0.25) is 0 Å². The number of nitrogens with two attached hydrogens (primary N) is 1. The molecule has 3 N–H and O–H groups in total. The normalized spacial score (nSPS) is 10.5. The van der Waals surface area contributed by atoms with E-state index >= 15 is 0 Å². The maximum absolute atomic E-state index is 11.7. The van der Waals surface area contributed by atoms with Crippen molar-refractivity contribution in [1.82, 2.24) is 20.1 Å². The van der Waals surface area contributed by atoms with E-state index in [-0.39, 0.29) is 5.75 Å². The molecule has 0 fully saturated rings. The van der Waals surface area contributed by atoms with Crippen molar-refractivity contribution in [3.8, 4) is 5.69 Å². The number of primary amides is 1. The van der Waals surface area contributed by atoms with E-state index in [2.05, 4.69) is 10.2 Å². The van der Waals surface area contributed by atoms with Gasteiger partial charge in [0.15, 0.2) is 5.16 Å². The Balaban J connectivity index is 1.87. The predicted molar refractivity (Wildman–Crippen MR) is 99.1 cm³/mol. The Morgan fingerprint density at radius 2 is 1.65 bits per heavy atom. The molecule has 132 valence electrons. The van der Waals surface area contributed by atoms with Gasteiger partial charge in [-0.15, -0.1) is 10.2 Å². The summed E-state index contributed by atoms with van der Waals surface area (Å²) < 4.78 is 1.91. The van der Waals surface area contributed by atoms with Crippen LogP contribution in [0.5, 0.6) is 0 Å². The van der Waals surface area contributed by atoms with Gasteiger partial charge in [-0.25, -0.2) is 4.79 Å². The molecule has 3 rings (SSSR count). The smallest absolute Gasteiger partial charge is 0.318 e. The largest absolute Gasteiger partial charge is 0.351 e. The van der Waals surface area contributed by atoms with E-state index in [1.165, 1.54) is 11.8 Å². The number of thioether (sulfide) groups is 1. The highest BCUT2D eigenvalue weighted by molar-refractivity contribution is 7.99. The lowest BCUT2D eigenvalue weighted by molar-refractivity contribution is -0.117. The molecule has 0 atom stereocenters. The molecule has 0 aliphatic heterocycles. The lowest BCUT2D eigenvalue weighted by atomic mass is 10.1. The van der Waals surface area contributed by atoms with Gasteiger partial charge in [-0.3, -0.25) is 14.7 Å². The summed E-state index contributed by atoms with van der Waals surface area (Å²) in [6, 6.07) is 18.8. The summed E-state index contributed by atoms with van der Waals surface area (Å²) in [5.74, 6) is 0.300. The number of hydrogen-bond acceptors (Lipinski definition) is 5. The van der Waals surface area contributed by atoms with Gasteiger partial charge in [-0.2, -0.15) is 0 Å². The maximum atomic E-state index is 11.7. The Morgan fingerprint density at radius 3 is 2.31 bits per heavy atom. The number of hydrogen-bond donors (Lipinski definition) is 2. The molecule has 1 heterocycles. The Kier molecular flexibility index (Phi) is 5.65. The van der Waals surface area contributed by atoms with Gasteiger partial charge in [0.25, 0.3) is 0 Å². The molecule has 0 aliphatic carbocycles. The molecule has 0 saturated carbocycles. The Labute approximate surface area is 154 Å². The summed E-state index contributed by atoms with van der Waals surface area (Å²) in [6.07, 6.45) is 0.608. The number of nitrogens with zero attached hydrogens (tertiary/aromatic N) is 3. The molecule has 0 spiro atoms. The number of benzene rings is 2. The van der Waals surface area contributed by atoms with Crippen molar-refractivity contribution in [2.24, 2.45) is 5.73 Å². The molecule has 26 heavy (non-hydrogen) atoms. The van der Waals surface area contributed by atoms with Crippen molar-refractivity contribution in [2.75, 3.05) is 5.75 Å². The van der Waals surface area contributed by atoms with Crippen LogP contribution >= 0.6 is 11.8 Å². The average Bonchev–Trinajstić information content (AvgIpc) is 3.03. The second-order valence-electron chi connectivity index (χ2n) is 5.43. The topological polar surface area (TPSA) is 103 Å². The molecule has 3 amide bonds. The first-order valence-electron chi connectivity index (χ1n) is 7.89. The van der Waals surface area contributed by atoms with Crippen LogP contribution < -0.4 is 11.1 Å². The first-order chi connectivity index (χ1) is 12.6. The van der Waals surface area contributed by atoms with Crippen LogP contribution in [0, 0.1) is 0 Å². The van der Waals surface area contributed by atoms with Gasteiger partial charge in [0.05, 0.1) is 5.75 Å². The number of nitrogens with one attached hydrogen (secondary N) is 1. The summed E-state index contributed by atoms with van der Waals surface area (Å²) >= 11 is 1.19. The van der Waals surface area contributed by atoms with Crippen molar-refractivity contribution in [3.63, 3.8) is 0 Å². The first kappa shape index (κ1) is 17.7. The molecule has 0 bridgehead atoms. The van der Waals surface area contributed by atoms with E-state index in [1.54, 1.807) is 0 Å². The molecule has 3 aromatic rings. The second kappa shape index (κ2) is 8.30. The number of urea groups is 1. The van der Waals surface area contributed by atoms with E-state index in [9.17, 15) is 9.59 Å². The lowest BCUT2D eigenvalue weighted by Gasteiger charge is -2.10. The SMILES string of the molecule is NC(=O)NC(=O)CSc1nnc(Cc2ccccc2)n1-c1ccccc1. The fraction of sp³-hybridized carbons (Fsp3) is 0.111. The fourth-order valence-corrected chi connectivity index (χ4v) is 3.20. The fourth-order valence-electron chi connectivity index (χ4n) is 2.43. The molecule has 0 saturated heterocycles. The van der Waals surface area contributed by atoms with Gasteiger partial charge in [-0.1, -0.05) is 60.3 Å². The third kappa shape index (κ3) is 4.48. The summed E-state index contributed by atoms with van der Waals surface area (Å²) in [5.41, 5.74) is 6.98. The third-order valence-corrected chi connectivity index (χ3v) is 4.44. The zero-order chi connectivity index (χ0) is 18.4. The quantitative estimate of drug-likeness (QED) is 0.650. The van der Waals surface area contributed by atoms with E-state index < -0.39 is 11.9 Å². The number of para-hydroxylation sites is 1. The Morgan fingerprint density at radius 1 is 1.00 bits per heavy atom. The first-order valence-corrected chi connectivity index (χ1v) is 8.88. The predicted octanol–water partition coefficient (Wildman–Crippen LogP) is 2.15. The lowest BCUT2D eigenvalue weighted by Crippen LogP contribution is -2.36. The minimum atomic E-state index is -0.870. The number of carbonyl (C=O) groups is 2. The number of rotatable bonds is 6.